The van der Waals surface area contributed by atoms with E-state index in [1.54, 1.807) is 0 Å². The van der Waals surface area contributed by atoms with Crippen molar-refractivity contribution in [1.82, 2.24) is 0 Å². The first-order valence-electron chi connectivity index (χ1n) is 6.12. The minimum Gasteiger partial charge on any atom is -0.0843 e. The number of hydrogen-bond acceptors (Lipinski definition) is 0. The summed E-state index contributed by atoms with van der Waals surface area (Å²) < 4.78 is 0. The molecule has 0 fully saturated rings. The predicted octanol–water partition coefficient (Wildman–Crippen LogP) is 5.13. The molecule has 0 aromatic heterocycles. The van der Waals surface area contributed by atoms with Gasteiger partial charge in [-0.3, -0.25) is 0 Å². The fraction of sp³-hybridized carbons (Fsp3) is 0.250. The first-order valence-corrected chi connectivity index (χ1v) is 6.50. The van der Waals surface area contributed by atoms with E-state index < -0.39 is 0 Å². The molecule has 0 atom stereocenters. The van der Waals surface area contributed by atoms with Gasteiger partial charge in [-0.15, -0.1) is 0 Å². The predicted molar refractivity (Wildman–Crippen MR) is 75.6 cm³/mol. The van der Waals surface area contributed by atoms with Crippen molar-refractivity contribution in [3.63, 3.8) is 0 Å². The quantitative estimate of drug-likeness (QED) is 0.702. The zero-order valence-electron chi connectivity index (χ0n) is 10.3. The van der Waals surface area contributed by atoms with Crippen molar-refractivity contribution in [2.75, 3.05) is 0 Å². The molecule has 2 aromatic carbocycles. The lowest BCUT2D eigenvalue weighted by Crippen LogP contribution is -1.90. The molecule has 2 aromatic rings. The van der Waals surface area contributed by atoms with Crippen LogP contribution >= 0.6 is 11.6 Å². The highest BCUT2D eigenvalue weighted by Gasteiger charge is 2.04. The standard InChI is InChI=1S/C16H17Cl/c1-3-12-5-10-16(13(4-2)11-12)14-6-8-15(17)9-7-14/h5-11H,3-4H2,1-2H3. The van der Waals surface area contributed by atoms with E-state index in [2.05, 4.69) is 44.2 Å². The number of rotatable bonds is 3. The second-order valence-electron chi connectivity index (χ2n) is 4.21. The van der Waals surface area contributed by atoms with Gasteiger partial charge in [-0.1, -0.05) is 55.8 Å². The lowest BCUT2D eigenvalue weighted by Gasteiger charge is -2.10. The van der Waals surface area contributed by atoms with Crippen molar-refractivity contribution >= 4 is 11.6 Å². The Labute approximate surface area is 108 Å². The van der Waals surface area contributed by atoms with E-state index in [-0.39, 0.29) is 0 Å². The van der Waals surface area contributed by atoms with E-state index >= 15 is 0 Å². The molecular formula is C16H17Cl. The number of benzene rings is 2. The Morgan fingerprint density at radius 3 is 2.18 bits per heavy atom. The number of hydrogen-bond donors (Lipinski definition) is 0. The smallest absolute Gasteiger partial charge is 0.0406 e. The molecule has 0 heterocycles. The van der Waals surface area contributed by atoms with Crippen LogP contribution in [-0.2, 0) is 12.8 Å². The van der Waals surface area contributed by atoms with Crippen LogP contribution in [0.15, 0.2) is 42.5 Å². The molecule has 1 heteroatoms. The first kappa shape index (κ1) is 12.2. The lowest BCUT2D eigenvalue weighted by molar-refractivity contribution is 1.09. The van der Waals surface area contributed by atoms with Gasteiger partial charge < -0.3 is 0 Å². The van der Waals surface area contributed by atoms with Gasteiger partial charge in [0.05, 0.1) is 0 Å². The van der Waals surface area contributed by atoms with Crippen LogP contribution in [-0.4, -0.2) is 0 Å². The summed E-state index contributed by atoms with van der Waals surface area (Å²) in [5.41, 5.74) is 5.38. The summed E-state index contributed by atoms with van der Waals surface area (Å²) in [5.74, 6) is 0. The second kappa shape index (κ2) is 5.37. The van der Waals surface area contributed by atoms with Gasteiger partial charge in [0.25, 0.3) is 0 Å². The van der Waals surface area contributed by atoms with Crippen molar-refractivity contribution < 1.29 is 0 Å². The highest BCUT2D eigenvalue weighted by atomic mass is 35.5. The second-order valence-corrected chi connectivity index (χ2v) is 4.64. The van der Waals surface area contributed by atoms with Crippen molar-refractivity contribution in [3.05, 3.63) is 58.6 Å². The van der Waals surface area contributed by atoms with Crippen LogP contribution < -0.4 is 0 Å². The maximum atomic E-state index is 5.92. The molecule has 0 nitrogen and oxygen atoms in total. The third-order valence-electron chi connectivity index (χ3n) is 3.11. The monoisotopic (exact) mass is 244 g/mol. The Morgan fingerprint density at radius 1 is 0.882 bits per heavy atom. The third-order valence-corrected chi connectivity index (χ3v) is 3.37. The van der Waals surface area contributed by atoms with Gasteiger partial charge in [0, 0.05) is 5.02 Å². The zero-order valence-corrected chi connectivity index (χ0v) is 11.1. The molecule has 0 saturated heterocycles. The van der Waals surface area contributed by atoms with Crippen molar-refractivity contribution in [3.8, 4) is 11.1 Å². The fourth-order valence-electron chi connectivity index (χ4n) is 2.07. The maximum absolute atomic E-state index is 5.92. The molecule has 0 aliphatic carbocycles. The van der Waals surface area contributed by atoms with Crippen LogP contribution in [0.3, 0.4) is 0 Å². The Hall–Kier alpha value is -1.27. The maximum Gasteiger partial charge on any atom is 0.0406 e. The van der Waals surface area contributed by atoms with Crippen LogP contribution in [0.5, 0.6) is 0 Å². The van der Waals surface area contributed by atoms with Gasteiger partial charge in [0.1, 0.15) is 0 Å². The minimum atomic E-state index is 0.789. The van der Waals surface area contributed by atoms with E-state index in [4.69, 9.17) is 11.6 Å². The van der Waals surface area contributed by atoms with Gasteiger partial charge >= 0.3 is 0 Å². The average molecular weight is 245 g/mol. The molecule has 88 valence electrons. The van der Waals surface area contributed by atoms with Crippen LogP contribution in [0.4, 0.5) is 0 Å². The largest absolute Gasteiger partial charge is 0.0843 e. The van der Waals surface area contributed by atoms with Crippen molar-refractivity contribution in [2.45, 2.75) is 26.7 Å². The molecule has 0 amide bonds. The molecule has 0 spiro atoms. The van der Waals surface area contributed by atoms with Crippen LogP contribution in [0.1, 0.15) is 25.0 Å². The Balaban J connectivity index is 2.47. The molecular weight excluding hydrogens is 228 g/mol. The highest BCUT2D eigenvalue weighted by Crippen LogP contribution is 2.26. The molecule has 2 rings (SSSR count). The van der Waals surface area contributed by atoms with Gasteiger partial charge in [0.15, 0.2) is 0 Å². The van der Waals surface area contributed by atoms with Gasteiger partial charge in [0.2, 0.25) is 0 Å². The molecule has 0 bridgehead atoms. The summed E-state index contributed by atoms with van der Waals surface area (Å²) >= 11 is 5.92. The zero-order chi connectivity index (χ0) is 12.3. The Bertz CT molecular complexity index is 497. The summed E-state index contributed by atoms with van der Waals surface area (Å²) in [7, 11) is 0. The minimum absolute atomic E-state index is 0.789. The van der Waals surface area contributed by atoms with E-state index in [0.29, 0.717) is 0 Å². The molecule has 17 heavy (non-hydrogen) atoms. The van der Waals surface area contributed by atoms with Crippen molar-refractivity contribution in [1.29, 1.82) is 0 Å². The lowest BCUT2D eigenvalue weighted by atomic mass is 9.95. The average Bonchev–Trinajstić information content (AvgIpc) is 2.39. The molecule has 0 saturated carbocycles. The van der Waals surface area contributed by atoms with Crippen molar-refractivity contribution in [2.24, 2.45) is 0 Å². The highest BCUT2D eigenvalue weighted by molar-refractivity contribution is 6.30. The van der Waals surface area contributed by atoms with Crippen LogP contribution in [0.25, 0.3) is 11.1 Å². The molecule has 0 aliphatic heterocycles. The number of aryl methyl sites for hydroxylation is 2. The third kappa shape index (κ3) is 2.70. The van der Waals surface area contributed by atoms with E-state index in [0.717, 1.165) is 17.9 Å². The van der Waals surface area contributed by atoms with E-state index in [1.165, 1.54) is 22.3 Å². The summed E-state index contributed by atoms with van der Waals surface area (Å²) in [4.78, 5) is 0. The first-order chi connectivity index (χ1) is 8.24. The Morgan fingerprint density at radius 2 is 1.59 bits per heavy atom. The molecule has 0 aliphatic rings. The SMILES string of the molecule is CCc1ccc(-c2ccc(Cl)cc2)c(CC)c1. The summed E-state index contributed by atoms with van der Waals surface area (Å²) in [6.07, 6.45) is 2.15. The summed E-state index contributed by atoms with van der Waals surface area (Å²) in [6, 6.07) is 14.8. The summed E-state index contributed by atoms with van der Waals surface area (Å²) in [5, 5.41) is 0.789. The van der Waals surface area contributed by atoms with Gasteiger partial charge in [-0.25, -0.2) is 0 Å². The topological polar surface area (TPSA) is 0 Å². The Kier molecular flexibility index (Phi) is 3.86. The molecule has 0 radical (unpaired) electrons. The van der Waals surface area contributed by atoms with E-state index in [9.17, 15) is 0 Å². The molecule has 0 unspecified atom stereocenters. The number of halogens is 1. The van der Waals surface area contributed by atoms with Crippen LogP contribution in [0.2, 0.25) is 5.02 Å². The van der Waals surface area contributed by atoms with Crippen LogP contribution in [0, 0.1) is 0 Å². The normalized spacial score (nSPS) is 10.5. The fourth-order valence-corrected chi connectivity index (χ4v) is 2.20. The molecule has 0 N–H and O–H groups in total. The van der Waals surface area contributed by atoms with E-state index in [1.807, 2.05) is 12.1 Å². The summed E-state index contributed by atoms with van der Waals surface area (Å²) in [6.45, 7) is 4.39. The van der Waals surface area contributed by atoms with Gasteiger partial charge in [-0.2, -0.15) is 0 Å². The van der Waals surface area contributed by atoms with Gasteiger partial charge in [-0.05, 0) is 47.2 Å².